The van der Waals surface area contributed by atoms with Crippen LogP contribution < -0.4 is 0 Å². The Kier molecular flexibility index (Phi) is 19.5. The Morgan fingerprint density at radius 1 is 0.761 bits per heavy atom. The number of aliphatic hydroxyl groups excluding tert-OH is 1. The van der Waals surface area contributed by atoms with Crippen LogP contribution in [0.3, 0.4) is 0 Å². The van der Waals surface area contributed by atoms with E-state index < -0.39 is 6.10 Å². The number of rotatable bonds is 26. The first-order chi connectivity index (χ1) is 22.4. The fourth-order valence-electron chi connectivity index (χ4n) is 7.58. The fourth-order valence-corrected chi connectivity index (χ4v) is 7.58. The van der Waals surface area contributed by atoms with E-state index in [1.807, 2.05) is 13.0 Å². The molecule has 7 nitrogen and oxygen atoms in total. The van der Waals surface area contributed by atoms with Crippen molar-refractivity contribution in [2.24, 2.45) is 0 Å². The molecule has 2 fully saturated rings. The number of cyclic esters (lactones) is 1. The molecule has 2 saturated heterocycles. The van der Waals surface area contributed by atoms with Crippen LogP contribution in [0.4, 0.5) is 0 Å². The molecule has 0 spiro atoms. The van der Waals surface area contributed by atoms with Crippen LogP contribution in [0, 0.1) is 0 Å². The number of esters is 2. The van der Waals surface area contributed by atoms with Crippen molar-refractivity contribution >= 4 is 11.9 Å². The first-order valence-electron chi connectivity index (χ1n) is 19.4. The molecule has 7 heteroatoms. The van der Waals surface area contributed by atoms with Crippen LogP contribution in [0.15, 0.2) is 11.6 Å². The van der Waals surface area contributed by atoms with Gasteiger partial charge < -0.3 is 24.1 Å². The Hall–Kier alpha value is -1.44. The SMILES string of the molecule is CCCCCCCCCC[C@@H](OC(C)=O)[C@@H]1CC[C@@H]([C@@H]2CC[C@@H]([C@@H](O)CCCCCCCCCCCCC3=C[C@H](C)OC3=O)O2)O1. The van der Waals surface area contributed by atoms with Gasteiger partial charge in [-0.05, 0) is 70.8 Å². The number of hydrogen-bond acceptors (Lipinski definition) is 7. The van der Waals surface area contributed by atoms with Crippen molar-refractivity contribution in [1.29, 1.82) is 0 Å². The maximum Gasteiger partial charge on any atom is 0.334 e. The van der Waals surface area contributed by atoms with E-state index in [1.54, 1.807) is 0 Å². The van der Waals surface area contributed by atoms with E-state index in [-0.39, 0.29) is 48.6 Å². The monoisotopic (exact) mass is 648 g/mol. The van der Waals surface area contributed by atoms with Crippen molar-refractivity contribution in [1.82, 2.24) is 0 Å². The highest BCUT2D eigenvalue weighted by molar-refractivity contribution is 5.90. The van der Waals surface area contributed by atoms with Crippen molar-refractivity contribution in [3.8, 4) is 0 Å². The summed E-state index contributed by atoms with van der Waals surface area (Å²) in [4.78, 5) is 23.5. The quantitative estimate of drug-likeness (QED) is 0.0738. The summed E-state index contributed by atoms with van der Waals surface area (Å²) >= 11 is 0. The third-order valence-corrected chi connectivity index (χ3v) is 10.3. The van der Waals surface area contributed by atoms with E-state index in [0.29, 0.717) is 0 Å². The summed E-state index contributed by atoms with van der Waals surface area (Å²) in [6.45, 7) is 5.67. The van der Waals surface area contributed by atoms with Crippen LogP contribution in [-0.4, -0.2) is 59.8 Å². The van der Waals surface area contributed by atoms with Gasteiger partial charge in [-0.15, -0.1) is 0 Å². The minimum Gasteiger partial charge on any atom is -0.460 e. The molecule has 266 valence electrons. The van der Waals surface area contributed by atoms with Crippen molar-refractivity contribution in [2.45, 2.75) is 224 Å². The van der Waals surface area contributed by atoms with Crippen LogP contribution in [0.1, 0.15) is 181 Å². The highest BCUT2D eigenvalue weighted by Gasteiger charge is 2.41. The Labute approximate surface area is 280 Å². The third-order valence-electron chi connectivity index (χ3n) is 10.3. The summed E-state index contributed by atoms with van der Waals surface area (Å²) in [5, 5.41) is 10.8. The van der Waals surface area contributed by atoms with E-state index in [2.05, 4.69) is 6.92 Å². The van der Waals surface area contributed by atoms with E-state index >= 15 is 0 Å². The van der Waals surface area contributed by atoms with Crippen LogP contribution in [-0.2, 0) is 28.5 Å². The average Bonchev–Trinajstić information content (AvgIpc) is 3.78. The van der Waals surface area contributed by atoms with Gasteiger partial charge in [0.1, 0.15) is 12.2 Å². The van der Waals surface area contributed by atoms with Crippen molar-refractivity contribution in [2.75, 3.05) is 0 Å². The van der Waals surface area contributed by atoms with Crippen LogP contribution in [0.5, 0.6) is 0 Å². The summed E-state index contributed by atoms with van der Waals surface area (Å²) < 4.78 is 23.7. The van der Waals surface area contributed by atoms with Gasteiger partial charge in [-0.3, -0.25) is 4.79 Å². The highest BCUT2D eigenvalue weighted by Crippen LogP contribution is 2.35. The standard InChI is InChI=1S/C39H68O7/c1-4-5-6-7-8-15-18-21-24-35(44-31(3)40)36-27-28-38(46-36)37-26-25-34(45-37)33(41)23-20-17-14-12-10-9-11-13-16-19-22-32-29-30(2)43-39(32)42/h29-30,33-38,41H,4-28H2,1-3H3/t30-,33-,34-,35+,36-,37-,38-/m0/s1. The number of ether oxygens (including phenoxy) is 4. The molecule has 0 bridgehead atoms. The lowest BCUT2D eigenvalue weighted by atomic mass is 10.00. The van der Waals surface area contributed by atoms with E-state index in [0.717, 1.165) is 69.8 Å². The number of carbonyl (C=O) groups is 2. The largest absolute Gasteiger partial charge is 0.460 e. The molecular formula is C39H68O7. The molecule has 0 radical (unpaired) electrons. The lowest BCUT2D eigenvalue weighted by Gasteiger charge is -2.26. The zero-order valence-electron chi connectivity index (χ0n) is 29.7. The van der Waals surface area contributed by atoms with Gasteiger partial charge in [0.2, 0.25) is 0 Å². The first kappa shape index (κ1) is 39.0. The van der Waals surface area contributed by atoms with Crippen molar-refractivity contribution in [3.63, 3.8) is 0 Å². The molecule has 3 rings (SSSR count). The Morgan fingerprint density at radius 2 is 1.26 bits per heavy atom. The molecule has 0 aromatic carbocycles. The summed E-state index contributed by atoms with van der Waals surface area (Å²) in [5.41, 5.74) is 0.864. The molecule has 46 heavy (non-hydrogen) atoms. The van der Waals surface area contributed by atoms with Gasteiger partial charge in [0.25, 0.3) is 0 Å². The molecule has 0 unspecified atom stereocenters. The average molecular weight is 649 g/mol. The van der Waals surface area contributed by atoms with Crippen LogP contribution in [0.2, 0.25) is 0 Å². The van der Waals surface area contributed by atoms with Crippen LogP contribution in [0.25, 0.3) is 0 Å². The summed E-state index contributed by atoms with van der Waals surface area (Å²) in [5.74, 6) is -0.342. The molecule has 3 heterocycles. The number of aliphatic hydroxyl groups is 1. The van der Waals surface area contributed by atoms with Gasteiger partial charge in [-0.1, -0.05) is 110 Å². The summed E-state index contributed by atoms with van der Waals surface area (Å²) in [6, 6.07) is 0. The Balaban J connectivity index is 1.18. The maximum absolute atomic E-state index is 11.8. The molecule has 3 aliphatic rings. The lowest BCUT2D eigenvalue weighted by Crippen LogP contribution is -2.34. The number of unbranched alkanes of at least 4 members (excludes halogenated alkanes) is 16. The molecule has 3 aliphatic heterocycles. The second-order valence-corrected chi connectivity index (χ2v) is 14.4. The second-order valence-electron chi connectivity index (χ2n) is 14.4. The Bertz CT molecular complexity index is 872. The molecule has 0 aliphatic carbocycles. The van der Waals surface area contributed by atoms with Gasteiger partial charge in [0, 0.05) is 12.5 Å². The zero-order chi connectivity index (χ0) is 33.0. The molecule has 0 aromatic rings. The van der Waals surface area contributed by atoms with Gasteiger partial charge in [-0.25, -0.2) is 4.79 Å². The molecule has 0 amide bonds. The summed E-state index contributed by atoms with van der Waals surface area (Å²) in [7, 11) is 0. The molecule has 0 aromatic heterocycles. The third kappa shape index (κ3) is 15.2. The normalized spacial score (nSPS) is 25.9. The fraction of sp³-hybridized carbons (Fsp3) is 0.897. The van der Waals surface area contributed by atoms with E-state index in [4.69, 9.17) is 18.9 Å². The predicted octanol–water partition coefficient (Wildman–Crippen LogP) is 9.46. The van der Waals surface area contributed by atoms with Crippen molar-refractivity contribution < 1.29 is 33.6 Å². The minimum absolute atomic E-state index is 0.0331. The molecular weight excluding hydrogens is 580 g/mol. The van der Waals surface area contributed by atoms with E-state index in [9.17, 15) is 14.7 Å². The predicted molar refractivity (Wildman–Crippen MR) is 184 cm³/mol. The topological polar surface area (TPSA) is 91.3 Å². The van der Waals surface area contributed by atoms with E-state index in [1.165, 1.54) is 103 Å². The Morgan fingerprint density at radius 3 is 1.80 bits per heavy atom. The molecule has 0 saturated carbocycles. The first-order valence-corrected chi connectivity index (χ1v) is 19.4. The number of carbonyl (C=O) groups excluding carboxylic acids is 2. The summed E-state index contributed by atoms with van der Waals surface area (Å²) in [6.07, 6.45) is 29.6. The second kappa shape index (κ2) is 23.0. The zero-order valence-corrected chi connectivity index (χ0v) is 29.7. The van der Waals surface area contributed by atoms with Crippen LogP contribution >= 0.6 is 0 Å². The molecule has 7 atom stereocenters. The maximum atomic E-state index is 11.8. The van der Waals surface area contributed by atoms with Gasteiger partial charge in [0.05, 0.1) is 30.5 Å². The highest BCUT2D eigenvalue weighted by atomic mass is 16.6. The number of hydrogen-bond donors (Lipinski definition) is 1. The molecule has 1 N–H and O–H groups in total. The van der Waals surface area contributed by atoms with Crippen molar-refractivity contribution in [3.05, 3.63) is 11.6 Å². The van der Waals surface area contributed by atoms with Gasteiger partial charge in [0.15, 0.2) is 0 Å². The lowest BCUT2D eigenvalue weighted by molar-refractivity contribution is -0.158. The van der Waals surface area contributed by atoms with Gasteiger partial charge >= 0.3 is 11.9 Å². The van der Waals surface area contributed by atoms with Gasteiger partial charge in [-0.2, -0.15) is 0 Å². The smallest absolute Gasteiger partial charge is 0.334 e. The minimum atomic E-state index is -0.400.